The fourth-order valence-electron chi connectivity index (χ4n) is 0.865. The van der Waals surface area contributed by atoms with E-state index in [9.17, 15) is 35.9 Å². The first-order chi connectivity index (χ1) is 6.99. The zero-order valence-corrected chi connectivity index (χ0v) is 7.78. The lowest BCUT2D eigenvalue weighted by Crippen LogP contribution is -2.40. The molecule has 0 aliphatic heterocycles. The number of esters is 1. The molecule has 0 amide bonds. The average Bonchev–Trinajstić information content (AvgIpc) is 1.97. The number of carbonyl (C=O) groups excluding carboxylic acids is 2. The van der Waals surface area contributed by atoms with Gasteiger partial charge in [0.2, 0.25) is 5.92 Å². The van der Waals surface area contributed by atoms with Crippen molar-refractivity contribution in [2.45, 2.75) is 18.8 Å². The van der Waals surface area contributed by atoms with Crippen molar-refractivity contribution in [3.8, 4) is 0 Å². The lowest BCUT2D eigenvalue weighted by molar-refractivity contribution is -0.201. The third-order valence-electron chi connectivity index (χ3n) is 1.46. The largest absolute Gasteiger partial charge is 0.468 e. The van der Waals surface area contributed by atoms with E-state index in [4.69, 9.17) is 0 Å². The van der Waals surface area contributed by atoms with Crippen molar-refractivity contribution in [1.29, 1.82) is 0 Å². The number of hydrogen-bond donors (Lipinski definition) is 0. The maximum Gasteiger partial charge on any atom is 0.409 e. The molecule has 0 aromatic rings. The molecular weight excluding hydrogens is 246 g/mol. The summed E-state index contributed by atoms with van der Waals surface area (Å²) in [6.45, 7) is 0. The van der Waals surface area contributed by atoms with Crippen molar-refractivity contribution in [2.75, 3.05) is 7.11 Å². The highest BCUT2D eigenvalue weighted by molar-refractivity contribution is 6.00. The van der Waals surface area contributed by atoms with Crippen LogP contribution in [0.2, 0.25) is 0 Å². The number of carbonyl (C=O) groups is 2. The molecule has 0 N–H and O–H groups in total. The third-order valence-corrected chi connectivity index (χ3v) is 1.46. The van der Waals surface area contributed by atoms with Crippen LogP contribution in [0.25, 0.3) is 0 Å². The normalized spacial score (nSPS) is 14.4. The molecule has 0 aliphatic rings. The minimum Gasteiger partial charge on any atom is -0.468 e. The Morgan fingerprint density at radius 2 is 1.56 bits per heavy atom. The van der Waals surface area contributed by atoms with Crippen LogP contribution in [0.3, 0.4) is 0 Å². The van der Waals surface area contributed by atoms with E-state index in [1.165, 1.54) is 0 Å². The molecule has 0 aromatic carbocycles. The van der Waals surface area contributed by atoms with Crippen LogP contribution in [0.1, 0.15) is 6.42 Å². The van der Waals surface area contributed by atoms with E-state index in [1.807, 2.05) is 0 Å². The second-order valence-corrected chi connectivity index (χ2v) is 2.76. The molecule has 0 heterocycles. The van der Waals surface area contributed by atoms with E-state index >= 15 is 0 Å². The monoisotopic (exact) mass is 252 g/mol. The van der Waals surface area contributed by atoms with Gasteiger partial charge in [0, 0.05) is 0 Å². The van der Waals surface area contributed by atoms with Gasteiger partial charge in [0.15, 0.2) is 5.78 Å². The van der Waals surface area contributed by atoms with Crippen LogP contribution in [0, 0.1) is 5.92 Å². The molecule has 0 aromatic heterocycles. The molecule has 0 radical (unpaired) electrons. The first-order valence-electron chi connectivity index (χ1n) is 3.73. The van der Waals surface area contributed by atoms with Crippen molar-refractivity contribution in [3.63, 3.8) is 0 Å². The summed E-state index contributed by atoms with van der Waals surface area (Å²) in [5.41, 5.74) is 0. The average molecular weight is 252 g/mol. The smallest absolute Gasteiger partial charge is 0.409 e. The molecule has 1 atom stereocenters. The van der Waals surface area contributed by atoms with E-state index in [1.54, 1.807) is 0 Å². The van der Waals surface area contributed by atoms with Crippen LogP contribution in [0.5, 0.6) is 0 Å². The highest BCUT2D eigenvalue weighted by Gasteiger charge is 2.52. The second kappa shape index (κ2) is 4.71. The summed E-state index contributed by atoms with van der Waals surface area (Å²) in [7, 11) is 0.544. The van der Waals surface area contributed by atoms with Gasteiger partial charge in [0.1, 0.15) is 6.42 Å². The van der Waals surface area contributed by atoms with Crippen LogP contribution in [0.4, 0.5) is 26.3 Å². The third kappa shape index (κ3) is 4.49. The predicted molar refractivity (Wildman–Crippen MR) is 37.2 cm³/mol. The van der Waals surface area contributed by atoms with Crippen molar-refractivity contribution in [1.82, 2.24) is 0 Å². The zero-order chi connectivity index (χ0) is 13.1. The highest BCUT2D eigenvalue weighted by atomic mass is 19.4. The van der Waals surface area contributed by atoms with Gasteiger partial charge in [-0.3, -0.25) is 9.59 Å². The Hall–Kier alpha value is -1.28. The summed E-state index contributed by atoms with van der Waals surface area (Å²) in [4.78, 5) is 21.2. The topological polar surface area (TPSA) is 43.4 Å². The van der Waals surface area contributed by atoms with E-state index in [0.717, 1.165) is 0 Å². The van der Waals surface area contributed by atoms with Gasteiger partial charge >= 0.3 is 18.3 Å². The summed E-state index contributed by atoms with van der Waals surface area (Å²) in [5, 5.41) is 0. The standard InChI is InChI=1S/C7H6F6O3/c1-16-5(15)4(7(11,12)13)3(14)2-6(8,9)10/h4H,2H2,1H3. The van der Waals surface area contributed by atoms with Gasteiger partial charge in [0.05, 0.1) is 7.11 Å². The van der Waals surface area contributed by atoms with E-state index in [0.29, 0.717) is 7.11 Å². The van der Waals surface area contributed by atoms with E-state index in [-0.39, 0.29) is 0 Å². The summed E-state index contributed by atoms with van der Waals surface area (Å²) >= 11 is 0. The van der Waals surface area contributed by atoms with Crippen LogP contribution in [-0.4, -0.2) is 31.2 Å². The van der Waals surface area contributed by atoms with Gasteiger partial charge in [-0.1, -0.05) is 0 Å². The first-order valence-corrected chi connectivity index (χ1v) is 3.73. The number of halogens is 6. The molecule has 9 heteroatoms. The van der Waals surface area contributed by atoms with E-state index in [2.05, 4.69) is 4.74 Å². The van der Waals surface area contributed by atoms with Crippen LogP contribution in [0.15, 0.2) is 0 Å². The Kier molecular flexibility index (Phi) is 4.33. The van der Waals surface area contributed by atoms with Crippen molar-refractivity contribution < 1.29 is 40.7 Å². The van der Waals surface area contributed by atoms with Gasteiger partial charge in [-0.15, -0.1) is 0 Å². The number of hydrogen-bond acceptors (Lipinski definition) is 3. The van der Waals surface area contributed by atoms with Gasteiger partial charge in [-0.05, 0) is 0 Å². The lowest BCUT2D eigenvalue weighted by Gasteiger charge is -2.17. The summed E-state index contributed by atoms with van der Waals surface area (Å²) in [5.74, 6) is -7.73. The molecule has 3 nitrogen and oxygen atoms in total. The zero-order valence-electron chi connectivity index (χ0n) is 7.78. The van der Waals surface area contributed by atoms with Crippen LogP contribution < -0.4 is 0 Å². The van der Waals surface area contributed by atoms with Gasteiger partial charge in [-0.25, -0.2) is 0 Å². The number of ketones is 1. The fraction of sp³-hybridized carbons (Fsp3) is 0.714. The Labute approximate surface area is 85.4 Å². The van der Waals surface area contributed by atoms with Gasteiger partial charge in [0.25, 0.3) is 0 Å². The van der Waals surface area contributed by atoms with Gasteiger partial charge in [-0.2, -0.15) is 26.3 Å². The minimum atomic E-state index is -5.39. The number of rotatable bonds is 3. The van der Waals surface area contributed by atoms with Crippen molar-refractivity contribution in [3.05, 3.63) is 0 Å². The Bertz CT molecular complexity index is 279. The van der Waals surface area contributed by atoms with E-state index < -0.39 is 36.4 Å². The Morgan fingerprint density at radius 3 is 1.81 bits per heavy atom. The first kappa shape index (κ1) is 14.7. The quantitative estimate of drug-likeness (QED) is 0.437. The van der Waals surface area contributed by atoms with Gasteiger partial charge < -0.3 is 4.74 Å². The molecule has 1 unspecified atom stereocenters. The molecule has 0 saturated heterocycles. The molecular formula is C7H6F6O3. The predicted octanol–water partition coefficient (Wildman–Crippen LogP) is 1.86. The highest BCUT2D eigenvalue weighted by Crippen LogP contribution is 2.32. The SMILES string of the molecule is COC(=O)C(C(=O)CC(F)(F)F)C(F)(F)F. The molecule has 16 heavy (non-hydrogen) atoms. The molecule has 0 saturated carbocycles. The molecule has 0 fully saturated rings. The van der Waals surface area contributed by atoms with Crippen LogP contribution in [-0.2, 0) is 14.3 Å². The van der Waals surface area contributed by atoms with Crippen molar-refractivity contribution in [2.24, 2.45) is 5.92 Å². The minimum absolute atomic E-state index is 0.544. The summed E-state index contributed by atoms with van der Waals surface area (Å²) in [6, 6.07) is 0. The summed E-state index contributed by atoms with van der Waals surface area (Å²) in [6.07, 6.45) is -12.8. The maximum atomic E-state index is 12.1. The molecule has 0 rings (SSSR count). The molecule has 0 bridgehead atoms. The maximum absolute atomic E-state index is 12.1. The van der Waals surface area contributed by atoms with Crippen LogP contribution >= 0.6 is 0 Å². The summed E-state index contributed by atoms with van der Waals surface area (Å²) < 4.78 is 75.0. The van der Waals surface area contributed by atoms with Crippen molar-refractivity contribution >= 4 is 11.8 Å². The number of Topliss-reactive ketones (excluding diaryl/α,β-unsaturated/α-hetero) is 1. The Morgan fingerprint density at radius 1 is 1.12 bits per heavy atom. The Balaban J connectivity index is 4.93. The fourth-order valence-corrected chi connectivity index (χ4v) is 0.865. The second-order valence-electron chi connectivity index (χ2n) is 2.76. The molecule has 0 aliphatic carbocycles. The number of alkyl halides is 6. The number of methoxy groups -OCH3 is 1. The number of ether oxygens (including phenoxy) is 1. The molecule has 0 spiro atoms. The lowest BCUT2D eigenvalue weighted by atomic mass is 10.0. The molecule has 94 valence electrons.